The summed E-state index contributed by atoms with van der Waals surface area (Å²) in [7, 11) is -2.97. The SMILES string of the molecule is C[C@H](CN[C@@H](C)CS(C)(=O)=O)c1c(Cl)cccc1Cl. The van der Waals surface area contributed by atoms with E-state index in [0.717, 1.165) is 5.56 Å². The van der Waals surface area contributed by atoms with Gasteiger partial charge in [0.15, 0.2) is 0 Å². The zero-order chi connectivity index (χ0) is 14.6. The summed E-state index contributed by atoms with van der Waals surface area (Å²) in [6, 6.07) is 5.32. The van der Waals surface area contributed by atoms with Crippen molar-refractivity contribution in [1.82, 2.24) is 5.32 Å². The van der Waals surface area contributed by atoms with Crippen molar-refractivity contribution in [3.8, 4) is 0 Å². The molecule has 0 heterocycles. The molecule has 0 spiro atoms. The first-order chi connectivity index (χ1) is 8.70. The molecular formula is C13H19Cl2NO2S. The van der Waals surface area contributed by atoms with Crippen LogP contribution in [0.15, 0.2) is 18.2 Å². The van der Waals surface area contributed by atoms with Crippen LogP contribution < -0.4 is 5.32 Å². The summed E-state index contributed by atoms with van der Waals surface area (Å²) < 4.78 is 22.4. The van der Waals surface area contributed by atoms with Crippen LogP contribution in [0.25, 0.3) is 0 Å². The fourth-order valence-corrected chi connectivity index (χ4v) is 3.77. The Bertz CT molecular complexity index is 511. The molecule has 0 bridgehead atoms. The molecule has 19 heavy (non-hydrogen) atoms. The lowest BCUT2D eigenvalue weighted by Crippen LogP contribution is -2.35. The van der Waals surface area contributed by atoms with E-state index in [1.54, 1.807) is 18.2 Å². The fraction of sp³-hybridized carbons (Fsp3) is 0.538. The van der Waals surface area contributed by atoms with Crippen LogP contribution >= 0.6 is 23.2 Å². The summed E-state index contributed by atoms with van der Waals surface area (Å²) >= 11 is 12.3. The number of hydrogen-bond acceptors (Lipinski definition) is 3. The molecule has 0 saturated carbocycles. The highest BCUT2D eigenvalue weighted by molar-refractivity contribution is 7.90. The molecule has 0 fully saturated rings. The van der Waals surface area contributed by atoms with Crippen LogP contribution in [0, 0.1) is 0 Å². The molecule has 0 aliphatic rings. The lowest BCUT2D eigenvalue weighted by molar-refractivity contribution is 0.536. The molecule has 0 aliphatic carbocycles. The molecule has 0 radical (unpaired) electrons. The Morgan fingerprint density at radius 2 is 1.74 bits per heavy atom. The number of rotatable bonds is 6. The van der Waals surface area contributed by atoms with Crippen LogP contribution in [0.1, 0.15) is 25.3 Å². The van der Waals surface area contributed by atoms with Gasteiger partial charge in [-0.3, -0.25) is 0 Å². The van der Waals surface area contributed by atoms with Crippen LogP contribution in [0.4, 0.5) is 0 Å². The zero-order valence-electron chi connectivity index (χ0n) is 11.3. The van der Waals surface area contributed by atoms with Crippen LogP contribution in [0.3, 0.4) is 0 Å². The minimum absolute atomic E-state index is 0.0984. The van der Waals surface area contributed by atoms with E-state index in [1.165, 1.54) is 6.26 Å². The third-order valence-electron chi connectivity index (χ3n) is 2.82. The Morgan fingerprint density at radius 1 is 1.21 bits per heavy atom. The van der Waals surface area contributed by atoms with Gasteiger partial charge in [-0.05, 0) is 30.5 Å². The zero-order valence-corrected chi connectivity index (χ0v) is 13.6. The maximum Gasteiger partial charge on any atom is 0.148 e. The van der Waals surface area contributed by atoms with Gasteiger partial charge in [-0.25, -0.2) is 8.42 Å². The van der Waals surface area contributed by atoms with Crippen LogP contribution in [0.5, 0.6) is 0 Å². The topological polar surface area (TPSA) is 46.2 Å². The molecule has 1 N–H and O–H groups in total. The predicted octanol–water partition coefficient (Wildman–Crippen LogP) is 3.12. The summed E-state index contributed by atoms with van der Waals surface area (Å²) in [5, 5.41) is 4.47. The number of benzene rings is 1. The van der Waals surface area contributed by atoms with E-state index in [9.17, 15) is 8.42 Å². The molecule has 1 aromatic carbocycles. The molecule has 108 valence electrons. The van der Waals surface area contributed by atoms with Gasteiger partial charge >= 0.3 is 0 Å². The summed E-state index contributed by atoms with van der Waals surface area (Å²) in [6.45, 7) is 4.48. The van der Waals surface area contributed by atoms with Crippen molar-refractivity contribution in [2.75, 3.05) is 18.6 Å². The predicted molar refractivity (Wildman–Crippen MR) is 82.1 cm³/mol. The van der Waals surface area contributed by atoms with Crippen molar-refractivity contribution in [2.45, 2.75) is 25.8 Å². The first-order valence-corrected chi connectivity index (χ1v) is 8.87. The summed E-state index contributed by atoms with van der Waals surface area (Å²) in [5.74, 6) is 0.235. The van der Waals surface area contributed by atoms with E-state index in [1.807, 2.05) is 13.8 Å². The third-order valence-corrected chi connectivity index (χ3v) is 4.58. The van der Waals surface area contributed by atoms with Gasteiger partial charge in [0.1, 0.15) is 9.84 Å². The summed E-state index contributed by atoms with van der Waals surface area (Å²) in [5.41, 5.74) is 0.893. The molecule has 1 aromatic rings. The second kappa shape index (κ2) is 6.93. The van der Waals surface area contributed by atoms with Gasteiger partial charge in [-0.15, -0.1) is 0 Å². The van der Waals surface area contributed by atoms with Crippen molar-refractivity contribution in [3.05, 3.63) is 33.8 Å². The van der Waals surface area contributed by atoms with Crippen molar-refractivity contribution >= 4 is 33.0 Å². The monoisotopic (exact) mass is 323 g/mol. The van der Waals surface area contributed by atoms with Crippen LogP contribution in [0.2, 0.25) is 10.0 Å². The molecule has 6 heteroatoms. The Balaban J connectivity index is 2.63. The molecule has 0 saturated heterocycles. The van der Waals surface area contributed by atoms with E-state index in [4.69, 9.17) is 23.2 Å². The second-order valence-electron chi connectivity index (χ2n) is 4.94. The van der Waals surface area contributed by atoms with Crippen molar-refractivity contribution < 1.29 is 8.42 Å². The molecule has 0 aromatic heterocycles. The van der Waals surface area contributed by atoms with Gasteiger partial charge in [0, 0.05) is 28.9 Å². The average Bonchev–Trinajstić information content (AvgIpc) is 2.23. The van der Waals surface area contributed by atoms with E-state index in [0.29, 0.717) is 16.6 Å². The minimum atomic E-state index is -2.97. The quantitative estimate of drug-likeness (QED) is 0.874. The van der Waals surface area contributed by atoms with Gasteiger partial charge in [0.25, 0.3) is 0 Å². The smallest absolute Gasteiger partial charge is 0.148 e. The van der Waals surface area contributed by atoms with E-state index < -0.39 is 9.84 Å². The average molecular weight is 324 g/mol. The number of hydrogen-bond donors (Lipinski definition) is 1. The highest BCUT2D eigenvalue weighted by Gasteiger charge is 2.16. The van der Waals surface area contributed by atoms with Gasteiger partial charge in [0.2, 0.25) is 0 Å². The minimum Gasteiger partial charge on any atom is -0.313 e. The van der Waals surface area contributed by atoms with Crippen molar-refractivity contribution in [1.29, 1.82) is 0 Å². The highest BCUT2D eigenvalue weighted by Crippen LogP contribution is 2.30. The van der Waals surface area contributed by atoms with Crippen molar-refractivity contribution in [2.24, 2.45) is 0 Å². The molecule has 3 nitrogen and oxygen atoms in total. The van der Waals surface area contributed by atoms with Crippen molar-refractivity contribution in [3.63, 3.8) is 0 Å². The molecule has 0 aliphatic heterocycles. The maximum atomic E-state index is 11.2. The largest absolute Gasteiger partial charge is 0.313 e. The van der Waals surface area contributed by atoms with Crippen LogP contribution in [-0.2, 0) is 9.84 Å². The molecular weight excluding hydrogens is 305 g/mol. The first kappa shape index (κ1) is 16.8. The molecule has 0 amide bonds. The highest BCUT2D eigenvalue weighted by atomic mass is 35.5. The Labute approximate surface area is 125 Å². The number of nitrogens with one attached hydrogen (secondary N) is 1. The normalized spacial score (nSPS) is 15.2. The molecule has 1 rings (SSSR count). The number of halogens is 2. The van der Waals surface area contributed by atoms with E-state index in [-0.39, 0.29) is 17.7 Å². The first-order valence-electron chi connectivity index (χ1n) is 6.05. The summed E-state index contributed by atoms with van der Waals surface area (Å²) in [6.07, 6.45) is 1.24. The Hall–Kier alpha value is -0.290. The van der Waals surface area contributed by atoms with Gasteiger partial charge in [-0.2, -0.15) is 0 Å². The fourth-order valence-electron chi connectivity index (χ4n) is 1.97. The van der Waals surface area contributed by atoms with Gasteiger partial charge in [-0.1, -0.05) is 36.2 Å². The lowest BCUT2D eigenvalue weighted by atomic mass is 10.0. The maximum absolute atomic E-state index is 11.2. The lowest BCUT2D eigenvalue weighted by Gasteiger charge is -2.19. The van der Waals surface area contributed by atoms with Crippen LogP contribution in [-0.4, -0.2) is 33.0 Å². The summed E-state index contributed by atoms with van der Waals surface area (Å²) in [4.78, 5) is 0. The number of sulfone groups is 1. The second-order valence-corrected chi connectivity index (χ2v) is 7.94. The van der Waals surface area contributed by atoms with E-state index >= 15 is 0 Å². The standard InChI is InChI=1S/C13H19Cl2NO2S/c1-9(7-16-10(2)8-19(3,17)18)13-11(14)5-4-6-12(13)15/h4-6,9-10,16H,7-8H2,1-3H3/t9-,10+/m1/s1. The van der Waals surface area contributed by atoms with Gasteiger partial charge in [0.05, 0.1) is 5.75 Å². The van der Waals surface area contributed by atoms with Gasteiger partial charge < -0.3 is 5.32 Å². The molecule has 0 unspecified atom stereocenters. The third kappa shape index (κ3) is 5.69. The Morgan fingerprint density at radius 3 is 2.21 bits per heavy atom. The molecule has 2 atom stereocenters. The Kier molecular flexibility index (Phi) is 6.12. The van der Waals surface area contributed by atoms with E-state index in [2.05, 4.69) is 5.32 Å².